The van der Waals surface area contributed by atoms with Crippen molar-refractivity contribution in [3.05, 3.63) is 34.1 Å². The molecule has 0 aromatic heterocycles. The molecule has 0 bridgehead atoms. The van der Waals surface area contributed by atoms with E-state index in [1.807, 2.05) is 6.07 Å². The van der Waals surface area contributed by atoms with Gasteiger partial charge in [-0.25, -0.2) is 4.39 Å². The Kier molecular flexibility index (Phi) is 4.09. The molecule has 2 rings (SSSR count). The number of likely N-dealkylation sites (N-methyl/N-ethyl adjacent to an activating group) is 1. The molecular formula is C14H20BrFN2. The molecule has 1 aromatic rings. The molecule has 2 nitrogen and oxygen atoms in total. The fourth-order valence-electron chi connectivity index (χ4n) is 2.44. The zero-order valence-electron chi connectivity index (χ0n) is 11.2. The van der Waals surface area contributed by atoms with Crippen molar-refractivity contribution < 1.29 is 4.39 Å². The average molecular weight is 315 g/mol. The third kappa shape index (κ3) is 3.31. The van der Waals surface area contributed by atoms with Crippen molar-refractivity contribution in [2.75, 3.05) is 26.7 Å². The van der Waals surface area contributed by atoms with E-state index in [2.05, 4.69) is 46.6 Å². The second kappa shape index (κ2) is 5.27. The Bertz CT molecular complexity index is 414. The molecule has 0 N–H and O–H groups in total. The number of nitrogens with zero attached hydrogens (tertiary/aromatic N) is 2. The van der Waals surface area contributed by atoms with E-state index in [0.29, 0.717) is 0 Å². The summed E-state index contributed by atoms with van der Waals surface area (Å²) in [6, 6.07) is 5.11. The van der Waals surface area contributed by atoms with Crippen LogP contribution in [0, 0.1) is 5.82 Å². The summed E-state index contributed by atoms with van der Waals surface area (Å²) in [6.07, 6.45) is 0. The minimum atomic E-state index is -0.173. The standard InChI is InChI=1S/C14H20BrFN2/c1-14(2)10-18(5-4-17(14)3)9-11-6-12(15)8-13(16)7-11/h6-8H,4-5,9-10H2,1-3H3. The molecule has 1 aliphatic heterocycles. The van der Waals surface area contributed by atoms with Gasteiger partial charge in [-0.15, -0.1) is 0 Å². The van der Waals surface area contributed by atoms with Gasteiger partial charge in [0.25, 0.3) is 0 Å². The monoisotopic (exact) mass is 314 g/mol. The molecule has 0 saturated carbocycles. The molecule has 1 saturated heterocycles. The number of benzene rings is 1. The molecular weight excluding hydrogens is 295 g/mol. The van der Waals surface area contributed by atoms with Crippen molar-refractivity contribution in [1.29, 1.82) is 0 Å². The summed E-state index contributed by atoms with van der Waals surface area (Å²) >= 11 is 3.34. The Morgan fingerprint density at radius 2 is 2.00 bits per heavy atom. The molecule has 1 aliphatic rings. The van der Waals surface area contributed by atoms with Crippen LogP contribution in [0.25, 0.3) is 0 Å². The molecule has 1 aromatic carbocycles. The van der Waals surface area contributed by atoms with Crippen molar-refractivity contribution >= 4 is 15.9 Å². The zero-order valence-corrected chi connectivity index (χ0v) is 12.8. The molecule has 0 unspecified atom stereocenters. The van der Waals surface area contributed by atoms with Crippen molar-refractivity contribution in [2.45, 2.75) is 25.9 Å². The molecule has 0 radical (unpaired) electrons. The Labute approximate surface area is 117 Å². The highest BCUT2D eigenvalue weighted by molar-refractivity contribution is 9.10. The minimum Gasteiger partial charge on any atom is -0.299 e. The van der Waals surface area contributed by atoms with E-state index >= 15 is 0 Å². The van der Waals surface area contributed by atoms with Gasteiger partial charge in [-0.2, -0.15) is 0 Å². The van der Waals surface area contributed by atoms with Gasteiger partial charge in [-0.1, -0.05) is 15.9 Å². The van der Waals surface area contributed by atoms with Crippen LogP contribution in [0.15, 0.2) is 22.7 Å². The molecule has 100 valence electrons. The van der Waals surface area contributed by atoms with E-state index < -0.39 is 0 Å². The van der Waals surface area contributed by atoms with Crippen molar-refractivity contribution in [2.24, 2.45) is 0 Å². The van der Waals surface area contributed by atoms with E-state index in [1.54, 1.807) is 6.07 Å². The van der Waals surface area contributed by atoms with E-state index in [4.69, 9.17) is 0 Å². The topological polar surface area (TPSA) is 6.48 Å². The van der Waals surface area contributed by atoms with Crippen LogP contribution in [-0.4, -0.2) is 42.0 Å². The van der Waals surface area contributed by atoms with Crippen LogP contribution < -0.4 is 0 Å². The van der Waals surface area contributed by atoms with Gasteiger partial charge >= 0.3 is 0 Å². The number of piperazine rings is 1. The second-order valence-electron chi connectivity index (χ2n) is 5.72. The first-order chi connectivity index (χ1) is 8.37. The maximum absolute atomic E-state index is 13.3. The van der Waals surface area contributed by atoms with Crippen LogP contribution in [0.4, 0.5) is 4.39 Å². The lowest BCUT2D eigenvalue weighted by Crippen LogP contribution is -2.57. The highest BCUT2D eigenvalue weighted by atomic mass is 79.9. The number of halogens is 2. The van der Waals surface area contributed by atoms with Crippen LogP contribution in [0.2, 0.25) is 0 Å². The summed E-state index contributed by atoms with van der Waals surface area (Å²) in [4.78, 5) is 4.77. The van der Waals surface area contributed by atoms with Gasteiger partial charge in [0.15, 0.2) is 0 Å². The number of rotatable bonds is 2. The Hall–Kier alpha value is -0.450. The first kappa shape index (κ1) is 14.0. The highest BCUT2D eigenvalue weighted by Gasteiger charge is 2.30. The van der Waals surface area contributed by atoms with Crippen molar-refractivity contribution in [3.8, 4) is 0 Å². The molecule has 18 heavy (non-hydrogen) atoms. The smallest absolute Gasteiger partial charge is 0.124 e. The second-order valence-corrected chi connectivity index (χ2v) is 6.64. The van der Waals surface area contributed by atoms with Crippen LogP contribution in [-0.2, 0) is 6.54 Å². The van der Waals surface area contributed by atoms with Gasteiger partial charge < -0.3 is 0 Å². The quantitative estimate of drug-likeness (QED) is 0.827. The van der Waals surface area contributed by atoms with Crippen LogP contribution in [0.3, 0.4) is 0 Å². The van der Waals surface area contributed by atoms with E-state index in [1.165, 1.54) is 6.07 Å². The fraction of sp³-hybridized carbons (Fsp3) is 0.571. The molecule has 4 heteroatoms. The summed E-state index contributed by atoms with van der Waals surface area (Å²) in [5.74, 6) is -0.173. The summed E-state index contributed by atoms with van der Waals surface area (Å²) in [5, 5.41) is 0. The maximum Gasteiger partial charge on any atom is 0.124 e. The molecule has 0 atom stereocenters. The van der Waals surface area contributed by atoms with Gasteiger partial charge in [-0.05, 0) is 44.7 Å². The third-order valence-electron chi connectivity index (χ3n) is 3.72. The summed E-state index contributed by atoms with van der Waals surface area (Å²) < 4.78 is 14.2. The maximum atomic E-state index is 13.3. The van der Waals surface area contributed by atoms with Gasteiger partial charge in [0.05, 0.1) is 0 Å². The van der Waals surface area contributed by atoms with E-state index in [-0.39, 0.29) is 11.4 Å². The van der Waals surface area contributed by atoms with E-state index in [9.17, 15) is 4.39 Å². The Morgan fingerprint density at radius 1 is 1.28 bits per heavy atom. The van der Waals surface area contributed by atoms with Gasteiger partial charge in [0.2, 0.25) is 0 Å². The average Bonchev–Trinajstić information content (AvgIpc) is 2.21. The summed E-state index contributed by atoms with van der Waals surface area (Å²) in [7, 11) is 2.16. The molecule has 1 heterocycles. The van der Waals surface area contributed by atoms with Gasteiger partial charge in [-0.3, -0.25) is 9.80 Å². The molecule has 1 fully saturated rings. The van der Waals surface area contributed by atoms with Crippen molar-refractivity contribution in [1.82, 2.24) is 9.80 Å². The first-order valence-electron chi connectivity index (χ1n) is 6.25. The Balaban J connectivity index is 2.06. The SMILES string of the molecule is CN1CCN(Cc2cc(F)cc(Br)c2)CC1(C)C. The lowest BCUT2D eigenvalue weighted by molar-refractivity contribution is 0.0359. The first-order valence-corrected chi connectivity index (χ1v) is 7.05. The fourth-order valence-corrected chi connectivity index (χ4v) is 2.95. The predicted molar refractivity (Wildman–Crippen MR) is 76.1 cm³/mol. The Morgan fingerprint density at radius 3 is 2.61 bits per heavy atom. The molecule has 0 amide bonds. The predicted octanol–water partition coefficient (Wildman–Crippen LogP) is 3.11. The van der Waals surface area contributed by atoms with Crippen LogP contribution in [0.1, 0.15) is 19.4 Å². The van der Waals surface area contributed by atoms with E-state index in [0.717, 1.165) is 36.2 Å². The normalized spacial score (nSPS) is 21.2. The molecule has 0 aliphatic carbocycles. The lowest BCUT2D eigenvalue weighted by Gasteiger charge is -2.45. The largest absolute Gasteiger partial charge is 0.299 e. The number of hydrogen-bond donors (Lipinski definition) is 0. The van der Waals surface area contributed by atoms with Gasteiger partial charge in [0.1, 0.15) is 5.82 Å². The van der Waals surface area contributed by atoms with Crippen LogP contribution in [0.5, 0.6) is 0 Å². The lowest BCUT2D eigenvalue weighted by atomic mass is 9.99. The zero-order chi connectivity index (χ0) is 13.3. The molecule has 0 spiro atoms. The van der Waals surface area contributed by atoms with Crippen LogP contribution >= 0.6 is 15.9 Å². The van der Waals surface area contributed by atoms with Gasteiger partial charge in [0, 0.05) is 36.2 Å². The minimum absolute atomic E-state index is 0.173. The third-order valence-corrected chi connectivity index (χ3v) is 4.18. The van der Waals surface area contributed by atoms with Crippen molar-refractivity contribution in [3.63, 3.8) is 0 Å². The number of hydrogen-bond acceptors (Lipinski definition) is 2. The summed E-state index contributed by atoms with van der Waals surface area (Å²) in [6.45, 7) is 8.42. The summed E-state index contributed by atoms with van der Waals surface area (Å²) in [5.41, 5.74) is 1.21. The highest BCUT2D eigenvalue weighted by Crippen LogP contribution is 2.22.